The van der Waals surface area contributed by atoms with E-state index in [9.17, 15) is 17.2 Å². The maximum atomic E-state index is 12.8. The standard InChI is InChI=1S/C16H15F2NO3S2/c17-16(18)22-13-4-1-2-6-15(13)24(20,21)19-9-7-12(8-10-19)14-5-3-11-23-14/h1-7,11,16H,8-10H2. The molecular weight excluding hydrogens is 356 g/mol. The third-order valence-electron chi connectivity index (χ3n) is 3.69. The number of thiophene rings is 1. The Morgan fingerprint density at radius 1 is 1.17 bits per heavy atom. The Hall–Kier alpha value is -1.77. The molecule has 0 unspecified atom stereocenters. The third-order valence-corrected chi connectivity index (χ3v) is 6.54. The second kappa shape index (κ2) is 7.00. The van der Waals surface area contributed by atoms with E-state index in [1.807, 2.05) is 23.6 Å². The molecule has 0 radical (unpaired) electrons. The molecule has 0 aliphatic carbocycles. The van der Waals surface area contributed by atoms with Crippen molar-refractivity contribution >= 4 is 26.9 Å². The van der Waals surface area contributed by atoms with Gasteiger partial charge in [-0.25, -0.2) is 8.42 Å². The van der Waals surface area contributed by atoms with Gasteiger partial charge in [0.25, 0.3) is 0 Å². The maximum absolute atomic E-state index is 12.8. The van der Waals surface area contributed by atoms with Crippen molar-refractivity contribution in [1.82, 2.24) is 4.31 Å². The molecule has 2 heterocycles. The number of benzene rings is 1. The first-order valence-corrected chi connectivity index (χ1v) is 9.57. The summed E-state index contributed by atoms with van der Waals surface area (Å²) in [7, 11) is -3.90. The largest absolute Gasteiger partial charge is 0.433 e. The van der Waals surface area contributed by atoms with E-state index in [0.717, 1.165) is 10.5 Å². The highest BCUT2D eigenvalue weighted by Gasteiger charge is 2.29. The Kier molecular flexibility index (Phi) is 4.98. The summed E-state index contributed by atoms with van der Waals surface area (Å²) in [5.74, 6) is -0.333. The molecule has 1 aromatic carbocycles. The van der Waals surface area contributed by atoms with Gasteiger partial charge in [-0.05, 0) is 35.6 Å². The molecule has 0 N–H and O–H groups in total. The van der Waals surface area contributed by atoms with Crippen LogP contribution in [-0.4, -0.2) is 32.4 Å². The number of ether oxygens (including phenoxy) is 1. The minimum atomic E-state index is -3.90. The monoisotopic (exact) mass is 371 g/mol. The molecule has 0 spiro atoms. The minimum Gasteiger partial charge on any atom is -0.433 e. The molecule has 0 saturated carbocycles. The molecule has 0 amide bonds. The van der Waals surface area contributed by atoms with Crippen LogP contribution in [0.15, 0.2) is 52.7 Å². The SMILES string of the molecule is O=S(=O)(c1ccccc1OC(F)F)N1CC=C(c2cccs2)CC1. The normalized spacial score (nSPS) is 16.2. The Bertz CT molecular complexity index is 833. The predicted molar refractivity (Wildman–Crippen MR) is 88.7 cm³/mol. The van der Waals surface area contributed by atoms with Crippen LogP contribution >= 0.6 is 11.3 Å². The molecule has 1 aromatic heterocycles. The van der Waals surface area contributed by atoms with Crippen LogP contribution in [0.3, 0.4) is 0 Å². The van der Waals surface area contributed by atoms with Crippen LogP contribution in [0.25, 0.3) is 5.57 Å². The van der Waals surface area contributed by atoms with Gasteiger partial charge in [-0.3, -0.25) is 0 Å². The lowest BCUT2D eigenvalue weighted by atomic mass is 10.1. The van der Waals surface area contributed by atoms with Gasteiger partial charge in [0.2, 0.25) is 10.0 Å². The quantitative estimate of drug-likeness (QED) is 0.803. The summed E-state index contributed by atoms with van der Waals surface area (Å²) in [4.78, 5) is 0.881. The number of para-hydroxylation sites is 1. The van der Waals surface area contributed by atoms with E-state index in [4.69, 9.17) is 0 Å². The molecule has 0 bridgehead atoms. The van der Waals surface area contributed by atoms with Crippen molar-refractivity contribution in [2.75, 3.05) is 13.1 Å². The Balaban J connectivity index is 1.85. The zero-order chi connectivity index (χ0) is 17.2. The van der Waals surface area contributed by atoms with Crippen molar-refractivity contribution in [3.63, 3.8) is 0 Å². The fourth-order valence-corrected chi connectivity index (χ4v) is 4.85. The molecule has 1 aliphatic heterocycles. The highest BCUT2D eigenvalue weighted by atomic mass is 32.2. The van der Waals surface area contributed by atoms with Crippen LogP contribution in [0.4, 0.5) is 8.78 Å². The van der Waals surface area contributed by atoms with Crippen LogP contribution in [0.2, 0.25) is 0 Å². The van der Waals surface area contributed by atoms with Gasteiger partial charge < -0.3 is 4.74 Å². The number of sulfonamides is 1. The number of nitrogens with zero attached hydrogens (tertiary/aromatic N) is 1. The van der Waals surface area contributed by atoms with Gasteiger partial charge in [0.1, 0.15) is 10.6 Å². The molecule has 128 valence electrons. The van der Waals surface area contributed by atoms with Gasteiger partial charge in [-0.2, -0.15) is 13.1 Å². The second-order valence-electron chi connectivity index (χ2n) is 5.14. The molecule has 0 fully saturated rings. The fourth-order valence-electron chi connectivity index (χ4n) is 2.55. The van der Waals surface area contributed by atoms with Crippen molar-refractivity contribution in [2.24, 2.45) is 0 Å². The summed E-state index contributed by atoms with van der Waals surface area (Å²) in [5, 5.41) is 1.97. The summed E-state index contributed by atoms with van der Waals surface area (Å²) >= 11 is 1.60. The van der Waals surface area contributed by atoms with E-state index in [2.05, 4.69) is 4.74 Å². The number of hydrogen-bond acceptors (Lipinski definition) is 4. The van der Waals surface area contributed by atoms with Gasteiger partial charge >= 0.3 is 6.61 Å². The first-order chi connectivity index (χ1) is 11.5. The zero-order valence-electron chi connectivity index (χ0n) is 12.6. The van der Waals surface area contributed by atoms with E-state index in [1.165, 1.54) is 28.6 Å². The van der Waals surface area contributed by atoms with Gasteiger partial charge in [0, 0.05) is 18.0 Å². The van der Waals surface area contributed by atoms with Crippen LogP contribution in [0.5, 0.6) is 5.75 Å². The van der Waals surface area contributed by atoms with Crippen molar-refractivity contribution in [3.8, 4) is 5.75 Å². The lowest BCUT2D eigenvalue weighted by Gasteiger charge is -2.26. The molecule has 0 saturated heterocycles. The number of hydrogen-bond donors (Lipinski definition) is 0. The third kappa shape index (κ3) is 3.50. The summed E-state index contributed by atoms with van der Waals surface area (Å²) in [6.07, 6.45) is 2.45. The van der Waals surface area contributed by atoms with Gasteiger partial charge in [0.15, 0.2) is 0 Å². The van der Waals surface area contributed by atoms with E-state index < -0.39 is 16.6 Å². The van der Waals surface area contributed by atoms with Gasteiger partial charge in [-0.15, -0.1) is 11.3 Å². The summed E-state index contributed by atoms with van der Waals surface area (Å²) in [6, 6.07) is 9.40. The number of rotatable bonds is 5. The average Bonchev–Trinajstić information content (AvgIpc) is 3.09. The average molecular weight is 371 g/mol. The Morgan fingerprint density at radius 3 is 2.58 bits per heavy atom. The highest BCUT2D eigenvalue weighted by molar-refractivity contribution is 7.89. The molecule has 4 nitrogen and oxygen atoms in total. The summed E-state index contributed by atoms with van der Waals surface area (Å²) < 4.78 is 56.1. The number of halogens is 2. The first-order valence-electron chi connectivity index (χ1n) is 7.25. The molecular formula is C16H15F2NO3S2. The maximum Gasteiger partial charge on any atom is 0.387 e. The molecule has 1 aliphatic rings. The van der Waals surface area contributed by atoms with E-state index in [1.54, 1.807) is 11.3 Å². The Morgan fingerprint density at radius 2 is 1.96 bits per heavy atom. The summed E-state index contributed by atoms with van der Waals surface area (Å²) in [5.41, 5.74) is 1.11. The zero-order valence-corrected chi connectivity index (χ0v) is 14.2. The topological polar surface area (TPSA) is 46.6 Å². The van der Waals surface area contributed by atoms with Gasteiger partial charge in [-0.1, -0.05) is 24.3 Å². The summed E-state index contributed by atoms with van der Waals surface area (Å²) in [6.45, 7) is -2.57. The van der Waals surface area contributed by atoms with Crippen molar-refractivity contribution in [3.05, 3.63) is 52.7 Å². The van der Waals surface area contributed by atoms with Crippen molar-refractivity contribution in [1.29, 1.82) is 0 Å². The molecule has 2 aromatic rings. The van der Waals surface area contributed by atoms with Crippen LogP contribution < -0.4 is 4.74 Å². The molecule has 8 heteroatoms. The van der Waals surface area contributed by atoms with Gasteiger partial charge in [0.05, 0.1) is 0 Å². The molecule has 0 atom stereocenters. The number of alkyl halides is 2. The van der Waals surface area contributed by atoms with Crippen LogP contribution in [0, 0.1) is 0 Å². The predicted octanol–water partition coefficient (Wildman–Crippen LogP) is 3.83. The van der Waals surface area contributed by atoms with E-state index in [0.29, 0.717) is 13.0 Å². The van der Waals surface area contributed by atoms with Crippen LogP contribution in [-0.2, 0) is 10.0 Å². The van der Waals surface area contributed by atoms with Crippen molar-refractivity contribution < 1.29 is 21.9 Å². The molecule has 3 rings (SSSR count). The van der Waals surface area contributed by atoms with E-state index in [-0.39, 0.29) is 17.2 Å². The highest BCUT2D eigenvalue weighted by Crippen LogP contribution is 2.32. The fraction of sp³-hybridized carbons (Fsp3) is 0.250. The lowest BCUT2D eigenvalue weighted by Crippen LogP contribution is -2.35. The lowest BCUT2D eigenvalue weighted by molar-refractivity contribution is -0.0517. The van der Waals surface area contributed by atoms with Crippen molar-refractivity contribution in [2.45, 2.75) is 17.9 Å². The minimum absolute atomic E-state index is 0.207. The molecule has 24 heavy (non-hydrogen) atoms. The Labute approximate surface area is 143 Å². The first kappa shape index (κ1) is 17.1. The van der Waals surface area contributed by atoms with Crippen LogP contribution in [0.1, 0.15) is 11.3 Å². The van der Waals surface area contributed by atoms with E-state index >= 15 is 0 Å². The second-order valence-corrected chi connectivity index (χ2v) is 8.00. The smallest absolute Gasteiger partial charge is 0.387 e.